The molecule has 2 heterocycles. The summed E-state index contributed by atoms with van der Waals surface area (Å²) in [6, 6.07) is 8.88. The number of benzene rings is 1. The van der Waals surface area contributed by atoms with Gasteiger partial charge in [-0.1, -0.05) is 23.7 Å². The second-order valence-corrected chi connectivity index (χ2v) is 6.53. The van der Waals surface area contributed by atoms with Gasteiger partial charge < -0.3 is 10.0 Å². The van der Waals surface area contributed by atoms with Gasteiger partial charge in [0.1, 0.15) is 5.69 Å². The van der Waals surface area contributed by atoms with Crippen molar-refractivity contribution in [3.63, 3.8) is 0 Å². The summed E-state index contributed by atoms with van der Waals surface area (Å²) in [4.78, 5) is 25.5. The lowest BCUT2D eigenvalue weighted by molar-refractivity contribution is -0.143. The van der Waals surface area contributed by atoms with E-state index in [9.17, 15) is 14.7 Å². The van der Waals surface area contributed by atoms with Gasteiger partial charge in [-0.3, -0.25) is 14.7 Å². The number of H-pyrrole nitrogens is 1. The molecule has 0 aliphatic carbocycles. The van der Waals surface area contributed by atoms with Crippen LogP contribution in [0.5, 0.6) is 0 Å². The minimum atomic E-state index is -0.855. The molecule has 126 valence electrons. The van der Waals surface area contributed by atoms with Crippen molar-refractivity contribution in [3.05, 3.63) is 41.0 Å². The molecule has 1 aromatic heterocycles. The molecule has 0 spiro atoms. The van der Waals surface area contributed by atoms with Crippen LogP contribution in [0.2, 0.25) is 5.02 Å². The Morgan fingerprint density at radius 3 is 2.67 bits per heavy atom. The zero-order valence-electron chi connectivity index (χ0n) is 13.2. The molecule has 6 nitrogen and oxygen atoms in total. The van der Waals surface area contributed by atoms with Gasteiger partial charge in [0.25, 0.3) is 5.91 Å². The Labute approximate surface area is 144 Å². The van der Waals surface area contributed by atoms with Crippen LogP contribution < -0.4 is 0 Å². The first kappa shape index (κ1) is 16.5. The predicted octanol–water partition coefficient (Wildman–Crippen LogP) is 3.06. The van der Waals surface area contributed by atoms with Gasteiger partial charge in [0.05, 0.1) is 11.6 Å². The molecular formula is C17H18ClN3O3. The van der Waals surface area contributed by atoms with E-state index in [-0.39, 0.29) is 18.5 Å². The maximum Gasteiger partial charge on any atom is 0.308 e. The lowest BCUT2D eigenvalue weighted by atomic mass is 9.93. The number of aliphatic carboxylic acids is 1. The normalized spacial score (nSPS) is 20.8. The van der Waals surface area contributed by atoms with Crippen molar-refractivity contribution in [2.24, 2.45) is 5.92 Å². The zero-order valence-corrected chi connectivity index (χ0v) is 14.0. The Morgan fingerprint density at radius 2 is 2.00 bits per heavy atom. The average Bonchev–Trinajstić information content (AvgIpc) is 3.05. The van der Waals surface area contributed by atoms with Gasteiger partial charge in [-0.15, -0.1) is 0 Å². The number of carboxylic acids is 1. The van der Waals surface area contributed by atoms with Crippen LogP contribution in [0.3, 0.4) is 0 Å². The number of nitrogens with zero attached hydrogens (tertiary/aromatic N) is 2. The van der Waals surface area contributed by atoms with E-state index in [0.717, 1.165) is 5.56 Å². The standard InChI is InChI=1S/C17H18ClN3O3/c1-10-2-3-12(17(23)24)9-21(10)16(22)15-8-14(19-20-15)11-4-6-13(18)7-5-11/h4-8,10,12H,2-3,9H2,1H3,(H,19,20)(H,23,24). The van der Waals surface area contributed by atoms with Crippen LogP contribution in [0.15, 0.2) is 30.3 Å². The average molecular weight is 348 g/mol. The number of aromatic nitrogens is 2. The molecule has 7 heteroatoms. The minimum Gasteiger partial charge on any atom is -0.481 e. The van der Waals surface area contributed by atoms with Gasteiger partial charge in [-0.2, -0.15) is 5.10 Å². The summed E-state index contributed by atoms with van der Waals surface area (Å²) >= 11 is 5.87. The second-order valence-electron chi connectivity index (χ2n) is 6.09. The smallest absolute Gasteiger partial charge is 0.308 e. The van der Waals surface area contributed by atoms with E-state index in [1.165, 1.54) is 0 Å². The molecule has 2 aromatic rings. The van der Waals surface area contributed by atoms with E-state index in [1.807, 2.05) is 19.1 Å². The third-order valence-electron chi connectivity index (χ3n) is 4.44. The molecule has 24 heavy (non-hydrogen) atoms. The van der Waals surface area contributed by atoms with Crippen LogP contribution in [0.4, 0.5) is 0 Å². The van der Waals surface area contributed by atoms with Crippen LogP contribution in [-0.4, -0.2) is 44.7 Å². The topological polar surface area (TPSA) is 86.3 Å². The lowest BCUT2D eigenvalue weighted by Gasteiger charge is -2.36. The highest BCUT2D eigenvalue weighted by Gasteiger charge is 2.33. The summed E-state index contributed by atoms with van der Waals surface area (Å²) < 4.78 is 0. The highest BCUT2D eigenvalue weighted by atomic mass is 35.5. The number of carbonyl (C=O) groups excluding carboxylic acids is 1. The number of amides is 1. The number of carboxylic acid groups (broad SMARTS) is 1. The number of carbonyl (C=O) groups is 2. The highest BCUT2D eigenvalue weighted by Crippen LogP contribution is 2.25. The lowest BCUT2D eigenvalue weighted by Crippen LogP contribution is -2.47. The number of nitrogens with one attached hydrogen (secondary N) is 1. The molecule has 0 radical (unpaired) electrons. The number of likely N-dealkylation sites (tertiary alicyclic amines) is 1. The Bertz CT molecular complexity index is 757. The monoisotopic (exact) mass is 347 g/mol. The minimum absolute atomic E-state index is 0.00961. The molecule has 2 N–H and O–H groups in total. The van der Waals surface area contributed by atoms with E-state index in [4.69, 9.17) is 11.6 Å². The fraction of sp³-hybridized carbons (Fsp3) is 0.353. The molecule has 1 saturated heterocycles. The molecule has 1 aliphatic rings. The third kappa shape index (κ3) is 3.28. The van der Waals surface area contributed by atoms with Gasteiger partial charge in [0, 0.05) is 23.2 Å². The quantitative estimate of drug-likeness (QED) is 0.893. The Kier molecular flexibility index (Phi) is 4.57. The van der Waals surface area contributed by atoms with E-state index in [1.54, 1.807) is 23.1 Å². The van der Waals surface area contributed by atoms with Crippen molar-refractivity contribution < 1.29 is 14.7 Å². The van der Waals surface area contributed by atoms with Gasteiger partial charge >= 0.3 is 5.97 Å². The highest BCUT2D eigenvalue weighted by molar-refractivity contribution is 6.30. The molecule has 1 aliphatic heterocycles. The maximum atomic E-state index is 12.7. The fourth-order valence-corrected chi connectivity index (χ4v) is 3.07. The van der Waals surface area contributed by atoms with Crippen molar-refractivity contribution >= 4 is 23.5 Å². The maximum absolute atomic E-state index is 12.7. The summed E-state index contributed by atoms with van der Waals surface area (Å²) in [5.41, 5.74) is 1.86. The number of hydrogen-bond donors (Lipinski definition) is 2. The van der Waals surface area contributed by atoms with Crippen molar-refractivity contribution in [2.75, 3.05) is 6.54 Å². The van der Waals surface area contributed by atoms with Crippen molar-refractivity contribution in [2.45, 2.75) is 25.8 Å². The summed E-state index contributed by atoms with van der Waals surface area (Å²) in [5.74, 6) is -1.59. The first-order valence-electron chi connectivity index (χ1n) is 7.81. The molecule has 2 atom stereocenters. The van der Waals surface area contributed by atoms with Crippen LogP contribution >= 0.6 is 11.6 Å². The van der Waals surface area contributed by atoms with Gasteiger partial charge in [-0.05, 0) is 38.0 Å². The Morgan fingerprint density at radius 1 is 1.29 bits per heavy atom. The van der Waals surface area contributed by atoms with Gasteiger partial charge in [0.15, 0.2) is 0 Å². The van der Waals surface area contributed by atoms with Crippen LogP contribution in [0, 0.1) is 5.92 Å². The molecule has 1 amide bonds. The van der Waals surface area contributed by atoms with Crippen molar-refractivity contribution in [3.8, 4) is 11.3 Å². The van der Waals surface area contributed by atoms with E-state index in [0.29, 0.717) is 29.3 Å². The summed E-state index contributed by atoms with van der Waals surface area (Å²) in [6.45, 7) is 2.16. The Balaban J connectivity index is 1.80. The molecule has 1 fully saturated rings. The number of hydrogen-bond acceptors (Lipinski definition) is 3. The molecular weight excluding hydrogens is 330 g/mol. The third-order valence-corrected chi connectivity index (χ3v) is 4.69. The number of halogens is 1. The first-order chi connectivity index (χ1) is 11.5. The second kappa shape index (κ2) is 6.65. The number of piperidine rings is 1. The molecule has 2 unspecified atom stereocenters. The number of rotatable bonds is 3. The van der Waals surface area contributed by atoms with Crippen molar-refractivity contribution in [1.29, 1.82) is 0 Å². The van der Waals surface area contributed by atoms with Crippen molar-refractivity contribution in [1.82, 2.24) is 15.1 Å². The largest absolute Gasteiger partial charge is 0.481 e. The van der Waals surface area contributed by atoms with Gasteiger partial charge in [-0.25, -0.2) is 0 Å². The van der Waals surface area contributed by atoms with Crippen LogP contribution in [0.25, 0.3) is 11.3 Å². The van der Waals surface area contributed by atoms with Crippen LogP contribution in [-0.2, 0) is 4.79 Å². The Hall–Kier alpha value is -2.34. The summed E-state index contributed by atoms with van der Waals surface area (Å²) in [6.07, 6.45) is 1.28. The summed E-state index contributed by atoms with van der Waals surface area (Å²) in [7, 11) is 0. The van der Waals surface area contributed by atoms with E-state index >= 15 is 0 Å². The van der Waals surface area contributed by atoms with E-state index in [2.05, 4.69) is 10.2 Å². The predicted molar refractivity (Wildman–Crippen MR) is 89.9 cm³/mol. The van der Waals surface area contributed by atoms with Gasteiger partial charge in [0.2, 0.25) is 0 Å². The fourth-order valence-electron chi connectivity index (χ4n) is 2.95. The first-order valence-corrected chi connectivity index (χ1v) is 8.18. The molecule has 0 saturated carbocycles. The number of aromatic amines is 1. The van der Waals surface area contributed by atoms with Crippen LogP contribution in [0.1, 0.15) is 30.3 Å². The zero-order chi connectivity index (χ0) is 17.3. The van der Waals surface area contributed by atoms with E-state index < -0.39 is 11.9 Å². The molecule has 0 bridgehead atoms. The SMILES string of the molecule is CC1CCC(C(=O)O)CN1C(=O)c1cc(-c2ccc(Cl)cc2)n[nH]1. The summed E-state index contributed by atoms with van der Waals surface area (Å²) in [5, 5.41) is 16.8. The molecule has 3 rings (SSSR count). The molecule has 1 aromatic carbocycles.